The van der Waals surface area contributed by atoms with Crippen LogP contribution in [-0.4, -0.2) is 85.7 Å². The standard InChI is InChI=1S/C33H39N5O4S/c1-24-9-11-26(12-10-24)43(39,40)38-30(20-25-8-5-13-34-33(25)38)28-23-37(17-7-16-36-15-6-14-35(2)18-19-36)29-22-32(42-4)31(41-3)21-27(28)29/h5,8-13,20-23H,6-7,14-19H2,1-4H3. The molecule has 9 nitrogen and oxygen atoms in total. The maximum absolute atomic E-state index is 14.2. The van der Waals surface area contributed by atoms with Gasteiger partial charge in [0, 0.05) is 54.4 Å². The molecule has 1 aliphatic rings. The Morgan fingerprint density at radius 2 is 1.67 bits per heavy atom. The highest BCUT2D eigenvalue weighted by Gasteiger charge is 2.27. The monoisotopic (exact) mass is 601 g/mol. The minimum absolute atomic E-state index is 0.216. The summed E-state index contributed by atoms with van der Waals surface area (Å²) in [5.74, 6) is 1.22. The first-order valence-electron chi connectivity index (χ1n) is 14.7. The lowest BCUT2D eigenvalue weighted by Crippen LogP contribution is -2.30. The third-order valence-corrected chi connectivity index (χ3v) is 10.1. The van der Waals surface area contributed by atoms with Gasteiger partial charge < -0.3 is 23.8 Å². The Labute approximate surface area is 253 Å². The number of hydrogen-bond donors (Lipinski definition) is 0. The molecule has 4 heterocycles. The molecule has 1 aliphatic heterocycles. The van der Waals surface area contributed by atoms with Crippen molar-refractivity contribution < 1.29 is 17.9 Å². The average Bonchev–Trinajstić information content (AvgIpc) is 3.49. The predicted octanol–water partition coefficient (Wildman–Crippen LogP) is 5.25. The molecule has 0 bridgehead atoms. The topological polar surface area (TPSA) is 81.8 Å². The molecule has 1 fully saturated rings. The number of aromatic nitrogens is 3. The van der Waals surface area contributed by atoms with E-state index in [0.29, 0.717) is 22.8 Å². The van der Waals surface area contributed by atoms with Gasteiger partial charge in [-0.1, -0.05) is 17.7 Å². The van der Waals surface area contributed by atoms with Crippen LogP contribution in [0.4, 0.5) is 0 Å². The van der Waals surface area contributed by atoms with E-state index in [9.17, 15) is 8.42 Å². The number of benzene rings is 2. The van der Waals surface area contributed by atoms with E-state index in [4.69, 9.17) is 9.47 Å². The van der Waals surface area contributed by atoms with Gasteiger partial charge in [0.25, 0.3) is 10.0 Å². The van der Waals surface area contributed by atoms with Crippen LogP contribution in [0.2, 0.25) is 0 Å². The van der Waals surface area contributed by atoms with Crippen LogP contribution in [0.25, 0.3) is 33.2 Å². The Bertz CT molecular complexity index is 1860. The first-order chi connectivity index (χ1) is 20.8. The van der Waals surface area contributed by atoms with E-state index in [1.807, 2.05) is 49.4 Å². The van der Waals surface area contributed by atoms with Crippen LogP contribution in [0, 0.1) is 6.92 Å². The van der Waals surface area contributed by atoms with Gasteiger partial charge in [-0.15, -0.1) is 0 Å². The Kier molecular flexibility index (Phi) is 8.17. The van der Waals surface area contributed by atoms with Crippen molar-refractivity contribution in [1.82, 2.24) is 23.3 Å². The molecule has 10 heteroatoms. The molecule has 43 heavy (non-hydrogen) atoms. The van der Waals surface area contributed by atoms with E-state index in [1.165, 1.54) is 10.4 Å². The number of fused-ring (bicyclic) bond motifs is 2. The third-order valence-electron chi connectivity index (χ3n) is 8.43. The summed E-state index contributed by atoms with van der Waals surface area (Å²) >= 11 is 0. The number of aryl methyl sites for hydroxylation is 2. The number of methoxy groups -OCH3 is 2. The van der Waals surface area contributed by atoms with Crippen molar-refractivity contribution in [2.24, 2.45) is 0 Å². The van der Waals surface area contributed by atoms with Crippen molar-refractivity contribution in [1.29, 1.82) is 0 Å². The molecular weight excluding hydrogens is 562 g/mol. The maximum Gasteiger partial charge on any atom is 0.269 e. The highest BCUT2D eigenvalue weighted by atomic mass is 32.2. The molecule has 0 aliphatic carbocycles. The van der Waals surface area contributed by atoms with Gasteiger partial charge in [0.2, 0.25) is 0 Å². The molecule has 0 spiro atoms. The fraction of sp³-hybridized carbons (Fsp3) is 0.364. The van der Waals surface area contributed by atoms with Crippen LogP contribution in [0.3, 0.4) is 0 Å². The minimum atomic E-state index is -3.97. The van der Waals surface area contributed by atoms with Crippen molar-refractivity contribution in [2.75, 3.05) is 54.0 Å². The summed E-state index contributed by atoms with van der Waals surface area (Å²) < 4.78 is 43.4. The van der Waals surface area contributed by atoms with Crippen molar-refractivity contribution in [2.45, 2.75) is 31.2 Å². The number of likely N-dealkylation sites (N-methyl/N-ethyl adjacent to an activating group) is 1. The van der Waals surface area contributed by atoms with Crippen LogP contribution in [0.1, 0.15) is 18.4 Å². The van der Waals surface area contributed by atoms with Crippen LogP contribution in [0.5, 0.6) is 11.5 Å². The SMILES string of the molecule is COc1cc2c(-c3cc4cccnc4n3S(=O)(=O)c3ccc(C)cc3)cn(CCCN3CCCN(C)CC3)c2cc1OC. The van der Waals surface area contributed by atoms with Crippen molar-refractivity contribution >= 4 is 32.0 Å². The Morgan fingerprint density at radius 3 is 2.44 bits per heavy atom. The fourth-order valence-corrected chi connectivity index (χ4v) is 7.53. The van der Waals surface area contributed by atoms with E-state index in [0.717, 1.165) is 73.1 Å². The van der Waals surface area contributed by atoms with Crippen LogP contribution >= 0.6 is 0 Å². The van der Waals surface area contributed by atoms with Crippen LogP contribution < -0.4 is 9.47 Å². The molecule has 6 rings (SSSR count). The zero-order chi connectivity index (χ0) is 30.1. The second-order valence-electron chi connectivity index (χ2n) is 11.3. The molecule has 5 aromatic rings. The first-order valence-corrected chi connectivity index (χ1v) is 16.2. The highest BCUT2D eigenvalue weighted by molar-refractivity contribution is 7.90. The van der Waals surface area contributed by atoms with Crippen molar-refractivity contribution in [3.63, 3.8) is 0 Å². The molecule has 1 saturated heterocycles. The Morgan fingerprint density at radius 1 is 0.907 bits per heavy atom. The van der Waals surface area contributed by atoms with E-state index < -0.39 is 10.0 Å². The molecule has 0 saturated carbocycles. The molecule has 0 atom stereocenters. The van der Waals surface area contributed by atoms with Gasteiger partial charge in [-0.25, -0.2) is 17.4 Å². The van der Waals surface area contributed by atoms with E-state index in [-0.39, 0.29) is 4.90 Å². The first kappa shape index (κ1) is 29.2. The summed E-state index contributed by atoms with van der Waals surface area (Å²) in [5.41, 5.74) is 3.69. The second kappa shape index (κ2) is 12.0. The summed E-state index contributed by atoms with van der Waals surface area (Å²) in [6.45, 7) is 8.12. The van der Waals surface area contributed by atoms with Gasteiger partial charge in [-0.2, -0.15) is 0 Å². The molecule has 0 amide bonds. The Balaban J connectivity index is 1.48. The third kappa shape index (κ3) is 5.62. The smallest absolute Gasteiger partial charge is 0.269 e. The number of ether oxygens (including phenoxy) is 2. The van der Waals surface area contributed by atoms with E-state index >= 15 is 0 Å². The quantitative estimate of drug-likeness (QED) is 0.228. The number of rotatable bonds is 9. The summed E-state index contributed by atoms with van der Waals surface area (Å²) in [5, 5.41) is 1.64. The van der Waals surface area contributed by atoms with Gasteiger partial charge in [0.15, 0.2) is 17.1 Å². The maximum atomic E-state index is 14.2. The summed E-state index contributed by atoms with van der Waals surface area (Å²) in [6, 6.07) is 16.5. The van der Waals surface area contributed by atoms with Crippen molar-refractivity contribution in [3.05, 3.63) is 72.6 Å². The summed E-state index contributed by atoms with van der Waals surface area (Å²) in [6.07, 6.45) is 5.84. The summed E-state index contributed by atoms with van der Waals surface area (Å²) in [4.78, 5) is 9.67. The number of hydrogen-bond acceptors (Lipinski definition) is 7. The zero-order valence-electron chi connectivity index (χ0n) is 25.3. The average molecular weight is 602 g/mol. The van der Waals surface area contributed by atoms with Gasteiger partial charge in [-0.3, -0.25) is 0 Å². The molecule has 226 valence electrons. The largest absolute Gasteiger partial charge is 0.493 e. The van der Waals surface area contributed by atoms with Gasteiger partial charge in [0.1, 0.15) is 0 Å². The molecule has 2 aromatic carbocycles. The van der Waals surface area contributed by atoms with Crippen LogP contribution in [-0.2, 0) is 16.6 Å². The molecule has 0 unspecified atom stereocenters. The lowest BCUT2D eigenvalue weighted by Gasteiger charge is -2.20. The molecular formula is C33H39N5O4S. The molecule has 0 radical (unpaired) electrons. The van der Waals surface area contributed by atoms with E-state index in [2.05, 4.69) is 32.6 Å². The van der Waals surface area contributed by atoms with Gasteiger partial charge in [-0.05, 0) is 82.8 Å². The summed E-state index contributed by atoms with van der Waals surface area (Å²) in [7, 11) is 1.46. The predicted molar refractivity (Wildman–Crippen MR) is 171 cm³/mol. The number of nitrogens with zero attached hydrogens (tertiary/aromatic N) is 5. The zero-order valence-corrected chi connectivity index (χ0v) is 26.1. The minimum Gasteiger partial charge on any atom is -0.493 e. The lowest BCUT2D eigenvalue weighted by molar-refractivity contribution is 0.269. The van der Waals surface area contributed by atoms with Crippen LogP contribution in [0.15, 0.2) is 71.9 Å². The van der Waals surface area contributed by atoms with Crippen molar-refractivity contribution in [3.8, 4) is 22.8 Å². The number of pyridine rings is 1. The fourth-order valence-electron chi connectivity index (χ4n) is 6.05. The highest BCUT2D eigenvalue weighted by Crippen LogP contribution is 2.41. The van der Waals surface area contributed by atoms with E-state index in [1.54, 1.807) is 32.5 Å². The second-order valence-corrected chi connectivity index (χ2v) is 13.1. The molecule has 3 aromatic heterocycles. The lowest BCUT2D eigenvalue weighted by atomic mass is 10.1. The van der Waals surface area contributed by atoms with Gasteiger partial charge in [0.05, 0.1) is 30.3 Å². The normalized spacial score (nSPS) is 15.3. The molecule has 0 N–H and O–H groups in total. The van der Waals surface area contributed by atoms with Gasteiger partial charge >= 0.3 is 0 Å². The Hall–Kier alpha value is -3.86.